The molecule has 0 aliphatic rings. The number of para-hydroxylation sites is 1. The zero-order chi connectivity index (χ0) is 14.8. The highest BCUT2D eigenvalue weighted by molar-refractivity contribution is 6.34. The summed E-state index contributed by atoms with van der Waals surface area (Å²) in [5.74, 6) is 1.57. The van der Waals surface area contributed by atoms with E-state index < -0.39 is 0 Å². The third kappa shape index (κ3) is 3.24. The summed E-state index contributed by atoms with van der Waals surface area (Å²) in [7, 11) is 0. The molecule has 0 spiro atoms. The number of benzene rings is 2. The first-order valence-electron chi connectivity index (χ1n) is 6.24. The molecule has 0 bridgehead atoms. The molecule has 3 rings (SSSR count). The summed E-state index contributed by atoms with van der Waals surface area (Å²) >= 11 is 17.9. The van der Waals surface area contributed by atoms with Crippen LogP contribution >= 0.6 is 34.8 Å². The third-order valence-electron chi connectivity index (χ3n) is 2.93. The number of pyridine rings is 1. The molecule has 0 atom stereocenters. The summed E-state index contributed by atoms with van der Waals surface area (Å²) in [6.45, 7) is 0. The first-order valence-corrected chi connectivity index (χ1v) is 7.53. The second-order valence-electron chi connectivity index (χ2n) is 4.47. The summed E-state index contributed by atoms with van der Waals surface area (Å²) in [5.41, 5.74) is 1.58. The summed E-state index contributed by atoms with van der Waals surface area (Å²) in [4.78, 5) is 4.47. The van der Waals surface area contributed by atoms with Gasteiger partial charge in [-0.15, -0.1) is 11.6 Å². The number of aromatic nitrogens is 1. The number of alkyl halides is 1. The molecule has 0 aliphatic heterocycles. The van der Waals surface area contributed by atoms with Gasteiger partial charge in [-0.1, -0.05) is 35.3 Å². The highest BCUT2D eigenvalue weighted by Gasteiger charge is 2.08. The molecular weight excluding hydrogens is 329 g/mol. The highest BCUT2D eigenvalue weighted by Crippen LogP contribution is 2.33. The molecule has 0 fully saturated rings. The minimum atomic E-state index is 0.317. The van der Waals surface area contributed by atoms with Crippen LogP contribution < -0.4 is 4.74 Å². The quantitative estimate of drug-likeness (QED) is 0.540. The molecule has 2 aromatic carbocycles. The summed E-state index contributed by atoms with van der Waals surface area (Å²) in [5, 5.41) is 1.95. The zero-order valence-electron chi connectivity index (χ0n) is 10.8. The number of rotatable bonds is 3. The molecule has 0 radical (unpaired) electrons. The molecule has 1 heterocycles. The van der Waals surface area contributed by atoms with Crippen molar-refractivity contribution in [3.05, 3.63) is 64.3 Å². The van der Waals surface area contributed by atoms with Crippen molar-refractivity contribution < 1.29 is 4.74 Å². The van der Waals surface area contributed by atoms with E-state index in [9.17, 15) is 0 Å². The molecule has 0 amide bonds. The van der Waals surface area contributed by atoms with E-state index in [0.29, 0.717) is 27.4 Å². The van der Waals surface area contributed by atoms with Crippen molar-refractivity contribution in [1.82, 2.24) is 4.98 Å². The largest absolute Gasteiger partial charge is 0.456 e. The van der Waals surface area contributed by atoms with Gasteiger partial charge in [0.15, 0.2) is 0 Å². The fraction of sp³-hybridized carbons (Fsp3) is 0.0625. The second-order valence-corrected chi connectivity index (χ2v) is 5.61. The molecule has 0 N–H and O–H groups in total. The van der Waals surface area contributed by atoms with Crippen LogP contribution in [0.2, 0.25) is 10.0 Å². The van der Waals surface area contributed by atoms with E-state index >= 15 is 0 Å². The van der Waals surface area contributed by atoms with Gasteiger partial charge in [0.05, 0.1) is 17.1 Å². The van der Waals surface area contributed by atoms with Gasteiger partial charge in [0.2, 0.25) is 0 Å². The Labute approximate surface area is 137 Å². The number of halogens is 3. The van der Waals surface area contributed by atoms with Gasteiger partial charge in [-0.25, -0.2) is 0 Å². The Hall–Kier alpha value is -1.48. The predicted molar refractivity (Wildman–Crippen MR) is 87.8 cm³/mol. The fourth-order valence-corrected chi connectivity index (χ4v) is 2.71. The maximum absolute atomic E-state index is 6.00. The van der Waals surface area contributed by atoms with Gasteiger partial charge in [-0.3, -0.25) is 4.98 Å². The first kappa shape index (κ1) is 14.5. The number of ether oxygens (including phenoxy) is 1. The summed E-state index contributed by atoms with van der Waals surface area (Å²) in [6.07, 6.45) is 0. The highest BCUT2D eigenvalue weighted by atomic mass is 35.5. The van der Waals surface area contributed by atoms with Crippen LogP contribution in [0.25, 0.3) is 10.9 Å². The first-order chi connectivity index (χ1) is 10.2. The maximum atomic E-state index is 6.00. The van der Waals surface area contributed by atoms with Gasteiger partial charge in [0.1, 0.15) is 11.5 Å². The minimum absolute atomic E-state index is 0.317. The van der Waals surface area contributed by atoms with Crippen molar-refractivity contribution in [2.45, 2.75) is 5.88 Å². The van der Waals surface area contributed by atoms with E-state index in [1.165, 1.54) is 0 Å². The number of hydrogen-bond donors (Lipinski definition) is 0. The summed E-state index contributed by atoms with van der Waals surface area (Å²) in [6, 6.07) is 14.6. The van der Waals surface area contributed by atoms with Crippen molar-refractivity contribution in [1.29, 1.82) is 0 Å². The monoisotopic (exact) mass is 337 g/mol. The molecular formula is C16H10Cl3NO. The molecule has 3 aromatic rings. The molecule has 0 aliphatic carbocycles. The van der Waals surface area contributed by atoms with Crippen LogP contribution in [0.1, 0.15) is 5.69 Å². The Bertz CT molecular complexity index is 784. The van der Waals surface area contributed by atoms with Gasteiger partial charge in [-0.2, -0.15) is 0 Å². The lowest BCUT2D eigenvalue weighted by Gasteiger charge is -2.11. The molecule has 0 saturated heterocycles. The van der Waals surface area contributed by atoms with Crippen LogP contribution in [0.5, 0.6) is 11.5 Å². The van der Waals surface area contributed by atoms with Crippen molar-refractivity contribution >= 4 is 45.7 Å². The minimum Gasteiger partial charge on any atom is -0.456 e. The lowest BCUT2D eigenvalue weighted by molar-refractivity contribution is 0.487. The molecule has 2 nitrogen and oxygen atoms in total. The van der Waals surface area contributed by atoms with E-state index in [0.717, 1.165) is 16.6 Å². The van der Waals surface area contributed by atoms with Gasteiger partial charge < -0.3 is 4.74 Å². The molecule has 1 aromatic heterocycles. The van der Waals surface area contributed by atoms with Crippen molar-refractivity contribution in [3.63, 3.8) is 0 Å². The Morgan fingerprint density at radius 3 is 2.38 bits per heavy atom. The third-order valence-corrected chi connectivity index (χ3v) is 3.64. The van der Waals surface area contributed by atoms with Crippen LogP contribution in [0.15, 0.2) is 48.5 Å². The van der Waals surface area contributed by atoms with Crippen molar-refractivity contribution in [2.24, 2.45) is 0 Å². The Kier molecular flexibility index (Phi) is 4.20. The van der Waals surface area contributed by atoms with Crippen molar-refractivity contribution in [2.75, 3.05) is 0 Å². The average molecular weight is 339 g/mol. The van der Waals surface area contributed by atoms with E-state index in [1.54, 1.807) is 18.2 Å². The van der Waals surface area contributed by atoms with Gasteiger partial charge in [0, 0.05) is 21.5 Å². The Morgan fingerprint density at radius 2 is 1.67 bits per heavy atom. The van der Waals surface area contributed by atoms with Crippen molar-refractivity contribution in [3.8, 4) is 11.5 Å². The van der Waals surface area contributed by atoms with Crippen LogP contribution in [0.4, 0.5) is 0 Å². The van der Waals surface area contributed by atoms with Crippen LogP contribution in [-0.4, -0.2) is 4.98 Å². The van der Waals surface area contributed by atoms with E-state index in [1.807, 2.05) is 30.3 Å². The molecule has 0 unspecified atom stereocenters. The van der Waals surface area contributed by atoms with Crippen LogP contribution in [-0.2, 0) is 5.88 Å². The number of nitrogens with zero attached hydrogens (tertiary/aromatic N) is 1. The maximum Gasteiger partial charge on any atom is 0.138 e. The van der Waals surface area contributed by atoms with Crippen LogP contribution in [0.3, 0.4) is 0 Å². The predicted octanol–water partition coefficient (Wildman–Crippen LogP) is 6.07. The molecule has 0 saturated carbocycles. The zero-order valence-corrected chi connectivity index (χ0v) is 13.1. The van der Waals surface area contributed by atoms with E-state index in [-0.39, 0.29) is 0 Å². The van der Waals surface area contributed by atoms with Crippen LogP contribution in [0, 0.1) is 0 Å². The summed E-state index contributed by atoms with van der Waals surface area (Å²) < 4.78 is 5.93. The van der Waals surface area contributed by atoms with Gasteiger partial charge in [0.25, 0.3) is 0 Å². The van der Waals surface area contributed by atoms with Gasteiger partial charge >= 0.3 is 0 Å². The average Bonchev–Trinajstić information content (AvgIpc) is 2.46. The lowest BCUT2D eigenvalue weighted by Crippen LogP contribution is -1.92. The van der Waals surface area contributed by atoms with E-state index in [4.69, 9.17) is 39.5 Å². The second kappa shape index (κ2) is 6.10. The van der Waals surface area contributed by atoms with E-state index in [2.05, 4.69) is 4.98 Å². The number of fused-ring (bicyclic) bond motifs is 1. The lowest BCUT2D eigenvalue weighted by atomic mass is 10.2. The topological polar surface area (TPSA) is 22.1 Å². The SMILES string of the molecule is ClCc1cc(Oc2cc(Cl)cc(Cl)c2)c2ccccc2n1. The fourth-order valence-electron chi connectivity index (χ4n) is 2.06. The Balaban J connectivity index is 2.10. The molecule has 21 heavy (non-hydrogen) atoms. The normalized spacial score (nSPS) is 10.8. The molecule has 106 valence electrons. The Morgan fingerprint density at radius 1 is 0.952 bits per heavy atom. The number of hydrogen-bond acceptors (Lipinski definition) is 2. The smallest absolute Gasteiger partial charge is 0.138 e. The van der Waals surface area contributed by atoms with Gasteiger partial charge in [-0.05, 0) is 30.3 Å². The standard InChI is InChI=1S/C16H10Cl3NO/c17-9-12-8-16(14-3-1-2-4-15(14)20-12)21-13-6-10(18)5-11(19)7-13/h1-8H,9H2. The molecule has 5 heteroatoms.